The third-order valence-electron chi connectivity index (χ3n) is 5.09. The van der Waals surface area contributed by atoms with Crippen LogP contribution in [0.3, 0.4) is 0 Å². The van der Waals surface area contributed by atoms with Gasteiger partial charge in [-0.05, 0) is 56.0 Å². The summed E-state index contributed by atoms with van der Waals surface area (Å²) in [7, 11) is 0. The lowest BCUT2D eigenvalue weighted by Gasteiger charge is -2.27. The van der Waals surface area contributed by atoms with E-state index < -0.39 is 11.8 Å². The largest absolute Gasteiger partial charge is 0.481 e. The third kappa shape index (κ3) is 4.37. The summed E-state index contributed by atoms with van der Waals surface area (Å²) in [5.41, 5.74) is 1.82. The first-order chi connectivity index (χ1) is 14.0. The van der Waals surface area contributed by atoms with E-state index in [1.807, 2.05) is 12.1 Å². The van der Waals surface area contributed by atoms with Crippen LogP contribution in [0.2, 0.25) is 5.02 Å². The van der Waals surface area contributed by atoms with Crippen molar-refractivity contribution >= 4 is 45.9 Å². The molecule has 0 amide bonds. The van der Waals surface area contributed by atoms with Gasteiger partial charge in [-0.25, -0.2) is 19.3 Å². The molecule has 1 aliphatic rings. The molecule has 4 rings (SSSR count). The highest BCUT2D eigenvalue weighted by Crippen LogP contribution is 2.28. The van der Waals surface area contributed by atoms with Crippen LogP contribution in [0.1, 0.15) is 25.7 Å². The van der Waals surface area contributed by atoms with Crippen molar-refractivity contribution in [3.63, 3.8) is 0 Å². The second-order valence-electron chi connectivity index (χ2n) is 7.07. The summed E-state index contributed by atoms with van der Waals surface area (Å²) in [5, 5.41) is 15.6. The number of carbonyl (C=O) groups is 1. The van der Waals surface area contributed by atoms with E-state index in [0.29, 0.717) is 41.2 Å². The van der Waals surface area contributed by atoms with Crippen molar-refractivity contribution in [3.05, 3.63) is 47.5 Å². The zero-order valence-electron chi connectivity index (χ0n) is 15.4. The van der Waals surface area contributed by atoms with E-state index in [1.165, 1.54) is 18.5 Å². The molecular weight excluding hydrogens is 397 g/mol. The van der Waals surface area contributed by atoms with E-state index in [2.05, 4.69) is 25.6 Å². The van der Waals surface area contributed by atoms with Crippen molar-refractivity contribution in [2.24, 2.45) is 5.92 Å². The Balaban J connectivity index is 1.54. The van der Waals surface area contributed by atoms with Crippen LogP contribution in [0.5, 0.6) is 0 Å². The fraction of sp³-hybridized carbons (Fsp3) is 0.300. The zero-order chi connectivity index (χ0) is 20.4. The number of fused-ring (bicyclic) bond motifs is 1. The molecule has 0 bridgehead atoms. The first kappa shape index (κ1) is 19.3. The number of hydrogen-bond acceptors (Lipinski definition) is 6. The minimum absolute atomic E-state index is 0.0145. The molecule has 1 saturated carbocycles. The van der Waals surface area contributed by atoms with Gasteiger partial charge >= 0.3 is 5.97 Å². The number of anilines is 3. The topological polar surface area (TPSA) is 100 Å². The Kier molecular flexibility index (Phi) is 5.44. The second-order valence-corrected chi connectivity index (χ2v) is 7.48. The number of pyridine rings is 1. The summed E-state index contributed by atoms with van der Waals surface area (Å²) in [5.74, 6) is -0.320. The number of aromatic nitrogens is 3. The van der Waals surface area contributed by atoms with Crippen LogP contribution in [0.4, 0.5) is 21.7 Å². The number of halogens is 2. The Morgan fingerprint density at radius 3 is 2.66 bits per heavy atom. The molecule has 0 spiro atoms. The molecule has 0 unspecified atom stereocenters. The van der Waals surface area contributed by atoms with Crippen LogP contribution >= 0.6 is 11.6 Å². The molecule has 3 N–H and O–H groups in total. The number of carboxylic acid groups (broad SMARTS) is 1. The van der Waals surface area contributed by atoms with E-state index in [1.54, 1.807) is 6.07 Å². The number of carboxylic acids is 1. The number of aliphatic carboxylic acids is 1. The summed E-state index contributed by atoms with van der Waals surface area (Å²) in [6, 6.07) is 8.19. The molecule has 0 radical (unpaired) electrons. The molecule has 9 heteroatoms. The van der Waals surface area contributed by atoms with Crippen molar-refractivity contribution in [1.29, 1.82) is 0 Å². The molecule has 0 saturated heterocycles. The van der Waals surface area contributed by atoms with Gasteiger partial charge in [-0.15, -0.1) is 0 Å². The summed E-state index contributed by atoms with van der Waals surface area (Å²) in [4.78, 5) is 24.2. The van der Waals surface area contributed by atoms with Crippen LogP contribution in [0, 0.1) is 11.7 Å². The molecule has 1 aromatic carbocycles. The molecule has 0 aliphatic heterocycles. The number of benzene rings is 1. The van der Waals surface area contributed by atoms with Crippen LogP contribution < -0.4 is 10.6 Å². The maximum atomic E-state index is 13.4. The number of hydrogen-bond donors (Lipinski definition) is 3. The Labute approximate surface area is 171 Å². The van der Waals surface area contributed by atoms with Gasteiger partial charge in [0.1, 0.15) is 23.5 Å². The van der Waals surface area contributed by atoms with Gasteiger partial charge in [0.15, 0.2) is 5.82 Å². The SMILES string of the molecule is O=C(O)C1CCC(Nc2ccc3ncnc(Nc4ccc(F)c(Cl)c4)c3n2)CC1. The molecular formula is C20H19ClFN5O2. The fourth-order valence-electron chi connectivity index (χ4n) is 3.52. The fourth-order valence-corrected chi connectivity index (χ4v) is 3.70. The van der Waals surface area contributed by atoms with E-state index in [9.17, 15) is 9.18 Å². The summed E-state index contributed by atoms with van der Waals surface area (Å²) in [6.07, 6.45) is 4.30. The molecule has 3 aromatic rings. The van der Waals surface area contributed by atoms with Crippen LogP contribution in [-0.4, -0.2) is 32.1 Å². The third-order valence-corrected chi connectivity index (χ3v) is 5.38. The van der Waals surface area contributed by atoms with E-state index >= 15 is 0 Å². The smallest absolute Gasteiger partial charge is 0.306 e. The van der Waals surface area contributed by atoms with E-state index in [4.69, 9.17) is 16.7 Å². The van der Waals surface area contributed by atoms with Crippen molar-refractivity contribution < 1.29 is 14.3 Å². The zero-order valence-corrected chi connectivity index (χ0v) is 16.2. The van der Waals surface area contributed by atoms with Crippen LogP contribution in [0.25, 0.3) is 11.0 Å². The first-order valence-corrected chi connectivity index (χ1v) is 9.70. The Morgan fingerprint density at radius 2 is 1.93 bits per heavy atom. The molecule has 0 atom stereocenters. The lowest BCUT2D eigenvalue weighted by atomic mass is 9.86. The quantitative estimate of drug-likeness (QED) is 0.559. The first-order valence-electron chi connectivity index (χ1n) is 9.33. The normalized spacial score (nSPS) is 19.1. The second kappa shape index (κ2) is 8.16. The Hall–Kier alpha value is -3.00. The molecule has 2 aromatic heterocycles. The maximum Gasteiger partial charge on any atom is 0.306 e. The average Bonchev–Trinajstić information content (AvgIpc) is 2.71. The minimum Gasteiger partial charge on any atom is -0.481 e. The van der Waals surface area contributed by atoms with E-state index in [-0.39, 0.29) is 17.0 Å². The van der Waals surface area contributed by atoms with Crippen LogP contribution in [0.15, 0.2) is 36.7 Å². The van der Waals surface area contributed by atoms with Gasteiger partial charge in [0.05, 0.1) is 16.5 Å². The van der Waals surface area contributed by atoms with Crippen LogP contribution in [-0.2, 0) is 4.79 Å². The van der Waals surface area contributed by atoms with Gasteiger partial charge < -0.3 is 15.7 Å². The molecule has 2 heterocycles. The number of rotatable bonds is 5. The summed E-state index contributed by atoms with van der Waals surface area (Å²) < 4.78 is 13.4. The highest BCUT2D eigenvalue weighted by atomic mass is 35.5. The Bertz CT molecular complexity index is 1060. The maximum absolute atomic E-state index is 13.4. The van der Waals surface area contributed by atoms with Crippen molar-refractivity contribution in [2.75, 3.05) is 10.6 Å². The van der Waals surface area contributed by atoms with Gasteiger partial charge in [0.2, 0.25) is 0 Å². The van der Waals surface area contributed by atoms with Crippen molar-refractivity contribution in [2.45, 2.75) is 31.7 Å². The van der Waals surface area contributed by atoms with Gasteiger partial charge in [0, 0.05) is 11.7 Å². The summed E-state index contributed by atoms with van der Waals surface area (Å²) in [6.45, 7) is 0. The predicted molar refractivity (Wildman–Crippen MR) is 109 cm³/mol. The molecule has 7 nitrogen and oxygen atoms in total. The monoisotopic (exact) mass is 415 g/mol. The van der Waals surface area contributed by atoms with Gasteiger partial charge in [-0.1, -0.05) is 11.6 Å². The minimum atomic E-state index is -0.721. The van der Waals surface area contributed by atoms with Gasteiger partial charge in [-0.3, -0.25) is 4.79 Å². The molecule has 1 fully saturated rings. The van der Waals surface area contributed by atoms with Gasteiger partial charge in [-0.2, -0.15) is 0 Å². The average molecular weight is 416 g/mol. The summed E-state index contributed by atoms with van der Waals surface area (Å²) >= 11 is 5.85. The molecule has 150 valence electrons. The lowest BCUT2D eigenvalue weighted by Crippen LogP contribution is -2.29. The highest BCUT2D eigenvalue weighted by Gasteiger charge is 2.26. The highest BCUT2D eigenvalue weighted by molar-refractivity contribution is 6.31. The number of nitrogens with zero attached hydrogens (tertiary/aromatic N) is 3. The number of nitrogens with one attached hydrogen (secondary N) is 2. The van der Waals surface area contributed by atoms with Crippen molar-refractivity contribution in [3.8, 4) is 0 Å². The standard InChI is InChI=1S/C20H19ClFN5O2/c21-14-9-13(5-6-15(14)22)26-19-18-16(23-10-24-19)7-8-17(27-18)25-12-3-1-11(2-4-12)20(28)29/h5-12H,1-4H2,(H,25,27)(H,28,29)(H,23,24,26). The van der Waals surface area contributed by atoms with Crippen molar-refractivity contribution in [1.82, 2.24) is 15.0 Å². The Morgan fingerprint density at radius 1 is 1.14 bits per heavy atom. The predicted octanol–water partition coefficient (Wildman–Crippen LogP) is 4.62. The van der Waals surface area contributed by atoms with Gasteiger partial charge in [0.25, 0.3) is 0 Å². The molecule has 1 aliphatic carbocycles. The molecule has 29 heavy (non-hydrogen) atoms. The van der Waals surface area contributed by atoms with E-state index in [0.717, 1.165) is 12.8 Å². The lowest BCUT2D eigenvalue weighted by molar-refractivity contribution is -0.142.